The van der Waals surface area contributed by atoms with Gasteiger partial charge in [-0.2, -0.15) is 0 Å². The number of carbonyl (C=O) groups excluding carboxylic acids is 1. The second-order valence-corrected chi connectivity index (χ2v) is 7.84. The van der Waals surface area contributed by atoms with Crippen molar-refractivity contribution in [3.8, 4) is 5.75 Å². The Labute approximate surface area is 180 Å². The summed E-state index contributed by atoms with van der Waals surface area (Å²) in [6.45, 7) is 3.06. The molecule has 1 fully saturated rings. The number of carbonyl (C=O) groups is 1. The molecule has 0 saturated carbocycles. The Kier molecular flexibility index (Phi) is 6.32. The Morgan fingerprint density at radius 1 is 1.29 bits per heavy atom. The van der Waals surface area contributed by atoms with Crippen LogP contribution in [0.15, 0.2) is 58.0 Å². The maximum Gasteiger partial charge on any atom is 0.336 e. The molecule has 3 aromatic rings. The molecule has 1 aliphatic heterocycles. The molecule has 0 bridgehead atoms. The van der Waals surface area contributed by atoms with E-state index in [-0.39, 0.29) is 18.4 Å². The van der Waals surface area contributed by atoms with Gasteiger partial charge in [0.2, 0.25) is 0 Å². The maximum absolute atomic E-state index is 12.6. The van der Waals surface area contributed by atoms with Crippen molar-refractivity contribution in [3.05, 3.63) is 70.3 Å². The van der Waals surface area contributed by atoms with Crippen molar-refractivity contribution >= 4 is 16.9 Å². The smallest absolute Gasteiger partial charge is 0.336 e. The molecule has 1 unspecified atom stereocenters. The van der Waals surface area contributed by atoms with Gasteiger partial charge in [-0.15, -0.1) is 0 Å². The molecule has 1 amide bonds. The molecule has 0 aliphatic carbocycles. The van der Waals surface area contributed by atoms with E-state index in [0.717, 1.165) is 35.8 Å². The first-order valence-corrected chi connectivity index (χ1v) is 10.6. The van der Waals surface area contributed by atoms with E-state index in [2.05, 4.69) is 4.98 Å². The number of aliphatic hydroxyl groups excluding tert-OH is 1. The van der Waals surface area contributed by atoms with Gasteiger partial charge in [0.05, 0.1) is 6.10 Å². The number of nitrogens with zero attached hydrogens (tertiary/aromatic N) is 2. The molecule has 162 valence electrons. The number of fused-ring (bicyclic) bond motifs is 1. The topological polar surface area (TPSA) is 92.9 Å². The third-order valence-corrected chi connectivity index (χ3v) is 5.91. The average molecular weight is 422 g/mol. The highest BCUT2D eigenvalue weighted by Gasteiger charge is 2.28. The molecule has 1 aromatic carbocycles. The summed E-state index contributed by atoms with van der Waals surface area (Å²) in [5, 5.41) is 11.4. The van der Waals surface area contributed by atoms with Crippen molar-refractivity contribution < 1.29 is 19.1 Å². The Morgan fingerprint density at radius 3 is 2.81 bits per heavy atom. The van der Waals surface area contributed by atoms with Gasteiger partial charge in [-0.05, 0) is 54.5 Å². The molecule has 31 heavy (non-hydrogen) atoms. The minimum atomic E-state index is -0.567. The van der Waals surface area contributed by atoms with Crippen LogP contribution in [0, 0.1) is 5.92 Å². The number of likely N-dealkylation sites (tertiary alicyclic amines) is 1. The molecule has 7 heteroatoms. The SMILES string of the molecule is CCc1cc(=O)oc2cc(OCC(=O)N3CCC(C(O)c4cccnc4)CC3)ccc12. The molecule has 1 aliphatic rings. The van der Waals surface area contributed by atoms with Gasteiger partial charge >= 0.3 is 5.63 Å². The largest absolute Gasteiger partial charge is 0.484 e. The van der Waals surface area contributed by atoms with Crippen LogP contribution in [0.25, 0.3) is 11.0 Å². The van der Waals surface area contributed by atoms with E-state index in [1.165, 1.54) is 6.07 Å². The second kappa shape index (κ2) is 9.31. The normalized spacial score (nSPS) is 15.7. The summed E-state index contributed by atoms with van der Waals surface area (Å²) in [5.74, 6) is 0.489. The molecule has 0 radical (unpaired) electrons. The fourth-order valence-corrected chi connectivity index (χ4v) is 4.12. The highest BCUT2D eigenvalue weighted by atomic mass is 16.5. The van der Waals surface area contributed by atoms with Gasteiger partial charge in [-0.1, -0.05) is 13.0 Å². The number of aryl methyl sites for hydroxylation is 1. The van der Waals surface area contributed by atoms with Gasteiger partial charge in [-0.3, -0.25) is 9.78 Å². The number of aliphatic hydroxyl groups is 1. The number of rotatable bonds is 6. The van der Waals surface area contributed by atoms with E-state index in [9.17, 15) is 14.7 Å². The van der Waals surface area contributed by atoms with Crippen LogP contribution in [0.5, 0.6) is 5.75 Å². The van der Waals surface area contributed by atoms with E-state index in [4.69, 9.17) is 9.15 Å². The summed E-state index contributed by atoms with van der Waals surface area (Å²) in [4.78, 5) is 30.1. The summed E-state index contributed by atoms with van der Waals surface area (Å²) in [5.41, 5.74) is 1.79. The molecular weight excluding hydrogens is 396 g/mol. The Morgan fingerprint density at radius 2 is 2.10 bits per heavy atom. The van der Waals surface area contributed by atoms with Gasteiger partial charge in [0, 0.05) is 43.0 Å². The highest BCUT2D eigenvalue weighted by molar-refractivity contribution is 5.82. The summed E-state index contributed by atoms with van der Waals surface area (Å²) in [6.07, 6.45) is 4.98. The van der Waals surface area contributed by atoms with Crippen LogP contribution >= 0.6 is 0 Å². The number of amides is 1. The summed E-state index contributed by atoms with van der Waals surface area (Å²) in [6, 6.07) is 10.5. The molecule has 1 saturated heterocycles. The fraction of sp³-hybridized carbons (Fsp3) is 0.375. The Hall–Kier alpha value is -3.19. The fourth-order valence-electron chi connectivity index (χ4n) is 4.12. The van der Waals surface area contributed by atoms with Gasteiger partial charge in [0.15, 0.2) is 6.61 Å². The van der Waals surface area contributed by atoms with Crippen molar-refractivity contribution in [1.82, 2.24) is 9.88 Å². The van der Waals surface area contributed by atoms with E-state index in [0.29, 0.717) is 24.4 Å². The molecule has 4 rings (SSSR count). The predicted molar refractivity (Wildman–Crippen MR) is 116 cm³/mol. The Balaban J connectivity index is 1.33. The molecular formula is C24H26N2O5. The number of benzene rings is 1. The summed E-state index contributed by atoms with van der Waals surface area (Å²) >= 11 is 0. The van der Waals surface area contributed by atoms with Gasteiger partial charge in [0.1, 0.15) is 11.3 Å². The first-order chi connectivity index (χ1) is 15.0. The van der Waals surface area contributed by atoms with E-state index < -0.39 is 11.7 Å². The monoisotopic (exact) mass is 422 g/mol. The zero-order valence-corrected chi connectivity index (χ0v) is 17.5. The van der Waals surface area contributed by atoms with Gasteiger partial charge in [-0.25, -0.2) is 4.79 Å². The quantitative estimate of drug-likeness (QED) is 0.614. The summed E-state index contributed by atoms with van der Waals surface area (Å²) in [7, 11) is 0. The zero-order valence-electron chi connectivity index (χ0n) is 17.5. The molecule has 7 nitrogen and oxygen atoms in total. The molecule has 0 spiro atoms. The number of aromatic nitrogens is 1. The minimum absolute atomic E-state index is 0.0843. The second-order valence-electron chi connectivity index (χ2n) is 7.84. The first-order valence-electron chi connectivity index (χ1n) is 10.6. The third kappa shape index (κ3) is 4.77. The maximum atomic E-state index is 12.6. The lowest BCUT2D eigenvalue weighted by Crippen LogP contribution is -2.42. The van der Waals surface area contributed by atoms with Gasteiger partial charge in [0.25, 0.3) is 5.91 Å². The van der Waals surface area contributed by atoms with Crippen LogP contribution in [0.1, 0.15) is 37.0 Å². The summed E-state index contributed by atoms with van der Waals surface area (Å²) < 4.78 is 11.0. The lowest BCUT2D eigenvalue weighted by atomic mass is 9.88. The molecule has 2 aromatic heterocycles. The third-order valence-electron chi connectivity index (χ3n) is 5.91. The van der Waals surface area contributed by atoms with Crippen LogP contribution in [0.4, 0.5) is 0 Å². The molecule has 1 atom stereocenters. The van der Waals surface area contributed by atoms with Crippen LogP contribution in [0.3, 0.4) is 0 Å². The van der Waals surface area contributed by atoms with E-state index in [1.54, 1.807) is 29.4 Å². The number of ether oxygens (including phenoxy) is 1. The minimum Gasteiger partial charge on any atom is -0.484 e. The van der Waals surface area contributed by atoms with Crippen molar-refractivity contribution in [2.75, 3.05) is 19.7 Å². The lowest BCUT2D eigenvalue weighted by molar-refractivity contribution is -0.135. The van der Waals surface area contributed by atoms with Crippen molar-refractivity contribution in [2.24, 2.45) is 5.92 Å². The standard InChI is InChI=1S/C24H26N2O5/c1-2-16-12-23(28)31-21-13-19(5-6-20(16)21)30-15-22(27)26-10-7-17(8-11-26)24(29)18-4-3-9-25-14-18/h3-6,9,12-14,17,24,29H,2,7-8,10-11,15H2,1H3. The zero-order chi connectivity index (χ0) is 21.8. The number of pyridine rings is 1. The van der Waals surface area contributed by atoms with Crippen LogP contribution < -0.4 is 10.4 Å². The lowest BCUT2D eigenvalue weighted by Gasteiger charge is -2.34. The van der Waals surface area contributed by atoms with E-state index >= 15 is 0 Å². The average Bonchev–Trinajstić information content (AvgIpc) is 2.81. The number of hydrogen-bond donors (Lipinski definition) is 1. The number of hydrogen-bond acceptors (Lipinski definition) is 6. The van der Waals surface area contributed by atoms with Crippen LogP contribution in [-0.2, 0) is 11.2 Å². The Bertz CT molecular complexity index is 1100. The van der Waals surface area contributed by atoms with E-state index in [1.807, 2.05) is 25.1 Å². The molecule has 1 N–H and O–H groups in total. The predicted octanol–water partition coefficient (Wildman–Crippen LogP) is 3.10. The van der Waals surface area contributed by atoms with Crippen molar-refractivity contribution in [1.29, 1.82) is 0 Å². The molecule has 3 heterocycles. The van der Waals surface area contributed by atoms with Gasteiger partial charge < -0.3 is 19.2 Å². The van der Waals surface area contributed by atoms with Crippen LogP contribution in [0.2, 0.25) is 0 Å². The van der Waals surface area contributed by atoms with Crippen LogP contribution in [-0.4, -0.2) is 40.6 Å². The van der Waals surface area contributed by atoms with Crippen molar-refractivity contribution in [3.63, 3.8) is 0 Å². The highest BCUT2D eigenvalue weighted by Crippen LogP contribution is 2.30. The first kappa shape index (κ1) is 21.1. The number of piperidine rings is 1. The van der Waals surface area contributed by atoms with Crippen molar-refractivity contribution in [2.45, 2.75) is 32.3 Å².